The Morgan fingerprint density at radius 2 is 1.71 bits per heavy atom. The highest BCUT2D eigenvalue weighted by molar-refractivity contribution is 8.12. The summed E-state index contributed by atoms with van der Waals surface area (Å²) in [6, 6.07) is 17.0. The van der Waals surface area contributed by atoms with Crippen LogP contribution >= 0.6 is 23.4 Å². The molecule has 1 atom stereocenters. The van der Waals surface area contributed by atoms with E-state index in [9.17, 15) is 9.59 Å². The summed E-state index contributed by atoms with van der Waals surface area (Å²) in [4.78, 5) is 24.0. The van der Waals surface area contributed by atoms with Crippen LogP contribution in [0.1, 0.15) is 29.9 Å². The second kappa shape index (κ2) is 9.50. The van der Waals surface area contributed by atoms with Gasteiger partial charge in [-0.2, -0.15) is 0 Å². The van der Waals surface area contributed by atoms with Gasteiger partial charge in [-0.1, -0.05) is 65.8 Å². The molecule has 0 bridgehead atoms. The van der Waals surface area contributed by atoms with Crippen LogP contribution in [0.25, 0.3) is 0 Å². The molecule has 0 spiro atoms. The Bertz CT molecular complexity index is 671. The van der Waals surface area contributed by atoms with Gasteiger partial charge in [0.15, 0.2) is 5.12 Å². The topological polar surface area (TPSA) is 43.4 Å². The molecule has 0 saturated carbocycles. The predicted octanol–water partition coefficient (Wildman–Crippen LogP) is 4.84. The summed E-state index contributed by atoms with van der Waals surface area (Å²) in [5, 5.41) is 0.736. The molecular weight excluding hydrogens is 344 g/mol. The lowest BCUT2D eigenvalue weighted by molar-refractivity contribution is -0.141. The van der Waals surface area contributed by atoms with E-state index in [2.05, 4.69) is 0 Å². The van der Waals surface area contributed by atoms with Crippen molar-refractivity contribution in [3.8, 4) is 0 Å². The van der Waals surface area contributed by atoms with Gasteiger partial charge in [0.1, 0.15) is 0 Å². The van der Waals surface area contributed by atoms with Gasteiger partial charge in [-0.05, 0) is 23.3 Å². The summed E-state index contributed by atoms with van der Waals surface area (Å²) in [7, 11) is 1.36. The zero-order valence-electron chi connectivity index (χ0n) is 13.4. The molecule has 0 radical (unpaired) electrons. The van der Waals surface area contributed by atoms with E-state index in [0.29, 0.717) is 17.2 Å². The molecule has 0 fully saturated rings. The number of carbonyl (C=O) groups is 2. The minimum absolute atomic E-state index is 0.0581. The first-order valence-electron chi connectivity index (χ1n) is 7.60. The standard InChI is InChI=1S/C19H19ClO3S/c1-23-18(21)11-16(15-5-3-2-4-6-15)12-19(22)24-13-14-7-9-17(20)10-8-14/h2-10,16H,11-13H2,1H3/t16-/m1/s1. The number of hydrogen-bond acceptors (Lipinski definition) is 4. The molecule has 0 aromatic heterocycles. The van der Waals surface area contributed by atoms with Crippen molar-refractivity contribution in [1.82, 2.24) is 0 Å². The van der Waals surface area contributed by atoms with Crippen LogP contribution in [-0.2, 0) is 20.1 Å². The molecule has 2 rings (SSSR count). The normalized spacial score (nSPS) is 11.8. The largest absolute Gasteiger partial charge is 0.469 e. The molecule has 0 N–H and O–H groups in total. The van der Waals surface area contributed by atoms with E-state index in [-0.39, 0.29) is 23.4 Å². The maximum Gasteiger partial charge on any atom is 0.306 e. The Morgan fingerprint density at radius 1 is 1.04 bits per heavy atom. The van der Waals surface area contributed by atoms with Crippen LogP contribution < -0.4 is 0 Å². The van der Waals surface area contributed by atoms with Gasteiger partial charge in [0.05, 0.1) is 13.5 Å². The van der Waals surface area contributed by atoms with Crippen molar-refractivity contribution < 1.29 is 14.3 Å². The molecular formula is C19H19ClO3S. The highest BCUT2D eigenvalue weighted by Crippen LogP contribution is 2.27. The quantitative estimate of drug-likeness (QED) is 0.661. The molecule has 126 valence electrons. The first-order valence-corrected chi connectivity index (χ1v) is 8.96. The fraction of sp³-hybridized carbons (Fsp3) is 0.263. The predicted molar refractivity (Wildman–Crippen MR) is 98.2 cm³/mol. The van der Waals surface area contributed by atoms with Crippen LogP contribution in [0.15, 0.2) is 54.6 Å². The van der Waals surface area contributed by atoms with Gasteiger partial charge >= 0.3 is 5.97 Å². The molecule has 2 aromatic carbocycles. The third-order valence-corrected chi connectivity index (χ3v) is 4.86. The summed E-state index contributed by atoms with van der Waals surface area (Å²) < 4.78 is 4.75. The third-order valence-electron chi connectivity index (χ3n) is 3.64. The Kier molecular flexibility index (Phi) is 7.35. The van der Waals surface area contributed by atoms with Crippen LogP contribution in [0.4, 0.5) is 0 Å². The van der Waals surface area contributed by atoms with E-state index in [1.807, 2.05) is 54.6 Å². The van der Waals surface area contributed by atoms with Gasteiger partial charge in [0.25, 0.3) is 0 Å². The van der Waals surface area contributed by atoms with Gasteiger partial charge in [-0.25, -0.2) is 0 Å². The molecule has 0 aliphatic rings. The average Bonchev–Trinajstić information content (AvgIpc) is 2.61. The number of esters is 1. The number of hydrogen-bond donors (Lipinski definition) is 0. The molecule has 24 heavy (non-hydrogen) atoms. The zero-order valence-corrected chi connectivity index (χ0v) is 15.0. The van der Waals surface area contributed by atoms with E-state index < -0.39 is 0 Å². The Hall–Kier alpha value is -1.78. The van der Waals surface area contributed by atoms with Gasteiger partial charge in [0, 0.05) is 23.1 Å². The molecule has 0 unspecified atom stereocenters. The molecule has 0 aliphatic carbocycles. The summed E-state index contributed by atoms with van der Waals surface area (Å²) in [6.07, 6.45) is 0.505. The van der Waals surface area contributed by atoms with E-state index in [1.165, 1.54) is 18.9 Å². The van der Waals surface area contributed by atoms with Crippen molar-refractivity contribution in [3.63, 3.8) is 0 Å². The van der Waals surface area contributed by atoms with Crippen molar-refractivity contribution in [2.45, 2.75) is 24.5 Å². The molecule has 0 saturated heterocycles. The SMILES string of the molecule is COC(=O)C[C@H](CC(=O)SCc1ccc(Cl)cc1)c1ccccc1. The number of halogens is 1. The molecule has 3 nitrogen and oxygen atoms in total. The summed E-state index contributed by atoms with van der Waals surface area (Å²) >= 11 is 7.11. The lowest BCUT2D eigenvalue weighted by Gasteiger charge is -2.15. The smallest absolute Gasteiger partial charge is 0.306 e. The van der Waals surface area contributed by atoms with Crippen LogP contribution in [0, 0.1) is 0 Å². The van der Waals surface area contributed by atoms with Crippen molar-refractivity contribution in [2.24, 2.45) is 0 Å². The molecule has 0 heterocycles. The number of methoxy groups -OCH3 is 1. The Balaban J connectivity index is 1.96. The maximum atomic E-state index is 12.3. The molecule has 2 aromatic rings. The second-order valence-corrected chi connectivity index (χ2v) is 6.85. The number of carbonyl (C=O) groups excluding carboxylic acids is 2. The lowest BCUT2D eigenvalue weighted by Crippen LogP contribution is -2.11. The lowest BCUT2D eigenvalue weighted by atomic mass is 9.93. The van der Waals surface area contributed by atoms with Crippen LogP contribution in [-0.4, -0.2) is 18.2 Å². The van der Waals surface area contributed by atoms with Crippen LogP contribution in [0.2, 0.25) is 5.02 Å². The fourth-order valence-corrected chi connectivity index (χ4v) is 3.29. The van der Waals surface area contributed by atoms with Crippen LogP contribution in [0.3, 0.4) is 0 Å². The van der Waals surface area contributed by atoms with Crippen molar-refractivity contribution in [1.29, 1.82) is 0 Å². The molecule has 5 heteroatoms. The van der Waals surface area contributed by atoms with Gasteiger partial charge in [-0.3, -0.25) is 9.59 Å². The zero-order chi connectivity index (χ0) is 17.4. The highest BCUT2D eigenvalue weighted by atomic mass is 35.5. The summed E-state index contributed by atoms with van der Waals surface area (Å²) in [5.41, 5.74) is 2.02. The van der Waals surface area contributed by atoms with Crippen molar-refractivity contribution in [2.75, 3.05) is 7.11 Å². The first-order chi connectivity index (χ1) is 11.6. The monoisotopic (exact) mass is 362 g/mol. The number of thioether (sulfide) groups is 1. The van der Waals surface area contributed by atoms with Gasteiger partial charge in [-0.15, -0.1) is 0 Å². The summed E-state index contributed by atoms with van der Waals surface area (Å²) in [5.74, 6) is 0.124. The number of rotatable bonds is 7. The van der Waals surface area contributed by atoms with E-state index in [0.717, 1.165) is 11.1 Å². The van der Waals surface area contributed by atoms with Crippen molar-refractivity contribution in [3.05, 3.63) is 70.7 Å². The maximum absolute atomic E-state index is 12.3. The van der Waals surface area contributed by atoms with Crippen LogP contribution in [0.5, 0.6) is 0 Å². The van der Waals surface area contributed by atoms with Gasteiger partial charge < -0.3 is 4.74 Å². The Labute approximate surface area is 151 Å². The highest BCUT2D eigenvalue weighted by Gasteiger charge is 2.20. The first kappa shape index (κ1) is 18.6. The van der Waals surface area contributed by atoms with E-state index in [1.54, 1.807) is 0 Å². The minimum Gasteiger partial charge on any atom is -0.469 e. The van der Waals surface area contributed by atoms with E-state index in [4.69, 9.17) is 16.3 Å². The second-order valence-electron chi connectivity index (χ2n) is 5.38. The van der Waals surface area contributed by atoms with Crippen molar-refractivity contribution >= 4 is 34.4 Å². The van der Waals surface area contributed by atoms with Gasteiger partial charge in [0.2, 0.25) is 0 Å². The molecule has 0 aliphatic heterocycles. The molecule has 0 amide bonds. The minimum atomic E-state index is -0.306. The number of ether oxygens (including phenoxy) is 1. The third kappa shape index (κ3) is 6.02. The number of benzene rings is 2. The van der Waals surface area contributed by atoms with E-state index >= 15 is 0 Å². The average molecular weight is 363 g/mol. The fourth-order valence-electron chi connectivity index (χ4n) is 2.32. The summed E-state index contributed by atoms with van der Waals surface area (Å²) in [6.45, 7) is 0. The Morgan fingerprint density at radius 3 is 2.33 bits per heavy atom.